The molecule has 2 aliphatic rings. The van der Waals surface area contributed by atoms with Crippen LogP contribution in [0.1, 0.15) is 64.8 Å². The van der Waals surface area contributed by atoms with Crippen molar-refractivity contribution in [3.05, 3.63) is 107 Å². The molecule has 0 aromatic heterocycles. The molecule has 1 aliphatic carbocycles. The number of amides is 1. The smallest absolute Gasteiger partial charge is 0.325 e. The highest BCUT2D eigenvalue weighted by atomic mass is 31.2. The van der Waals surface area contributed by atoms with Crippen molar-refractivity contribution < 1.29 is 23.3 Å². The number of phosphoric acid groups is 1. The number of carbonyl (C=O) groups is 1. The Balaban J connectivity index is 1.25. The Labute approximate surface area is 303 Å². The van der Waals surface area contributed by atoms with Crippen LogP contribution in [-0.4, -0.2) is 92.2 Å². The topological polar surface area (TPSA) is 115 Å². The lowest BCUT2D eigenvalue weighted by Gasteiger charge is -2.34. The van der Waals surface area contributed by atoms with Crippen molar-refractivity contribution in [2.24, 2.45) is 0 Å². The summed E-state index contributed by atoms with van der Waals surface area (Å²) in [5, 5.41) is 10.3. The Morgan fingerprint density at radius 1 is 0.882 bits per heavy atom. The highest BCUT2D eigenvalue weighted by molar-refractivity contribution is 7.47. The molecule has 1 aliphatic heterocycles. The van der Waals surface area contributed by atoms with E-state index in [4.69, 9.17) is 9.05 Å². The van der Waals surface area contributed by atoms with Crippen LogP contribution in [0.25, 0.3) is 0 Å². The molecule has 1 fully saturated rings. The summed E-state index contributed by atoms with van der Waals surface area (Å²) in [4.78, 5) is 29.4. The van der Waals surface area contributed by atoms with Gasteiger partial charge in [0, 0.05) is 77.3 Å². The Hall–Kier alpha value is -3.36. The number of aryl methyl sites for hydroxylation is 1. The van der Waals surface area contributed by atoms with Crippen LogP contribution >= 0.6 is 7.82 Å². The number of hydrogen-bond donors (Lipinski definition) is 4. The zero-order valence-electron chi connectivity index (χ0n) is 29.9. The van der Waals surface area contributed by atoms with E-state index in [1.165, 1.54) is 5.56 Å². The Morgan fingerprint density at radius 3 is 2.25 bits per heavy atom. The molecule has 0 spiro atoms. The molecule has 3 aromatic carbocycles. The molecule has 0 bridgehead atoms. The number of phosphoric ester groups is 1. The molecule has 4 N–H and O–H groups in total. The normalized spacial score (nSPS) is 19.8. The molecule has 11 heteroatoms. The van der Waals surface area contributed by atoms with Crippen LogP contribution in [0, 0.1) is 11.8 Å². The maximum absolute atomic E-state index is 14.3. The molecule has 1 saturated heterocycles. The highest BCUT2D eigenvalue weighted by Gasteiger charge is 2.43. The molecular weight excluding hydrogens is 661 g/mol. The van der Waals surface area contributed by atoms with Crippen molar-refractivity contribution in [3.63, 3.8) is 0 Å². The van der Waals surface area contributed by atoms with Crippen molar-refractivity contribution in [3.8, 4) is 11.8 Å². The highest BCUT2D eigenvalue weighted by Crippen LogP contribution is 2.50. The van der Waals surface area contributed by atoms with Gasteiger partial charge in [0.1, 0.15) is 0 Å². The van der Waals surface area contributed by atoms with E-state index in [1.54, 1.807) is 4.90 Å². The average molecular weight is 716 g/mol. The summed E-state index contributed by atoms with van der Waals surface area (Å²) >= 11 is 0. The van der Waals surface area contributed by atoms with Gasteiger partial charge in [-0.3, -0.25) is 18.7 Å². The number of nitrogens with one attached hydrogen (secondary N) is 3. The van der Waals surface area contributed by atoms with E-state index in [1.807, 2.05) is 78.9 Å². The fraction of sp³-hybridized carbons (Fsp3) is 0.475. The molecule has 1 heterocycles. The van der Waals surface area contributed by atoms with Gasteiger partial charge >= 0.3 is 7.82 Å². The Kier molecular flexibility index (Phi) is 15.7. The number of fused-ring (bicyclic) bond motifs is 1. The molecule has 10 nitrogen and oxygen atoms in total. The van der Waals surface area contributed by atoms with Crippen LogP contribution in [-0.2, 0) is 33.0 Å². The quantitative estimate of drug-likeness (QED) is 0.111. The van der Waals surface area contributed by atoms with Gasteiger partial charge in [0.25, 0.3) is 5.91 Å². The third kappa shape index (κ3) is 12.4. The van der Waals surface area contributed by atoms with Gasteiger partial charge in [0.2, 0.25) is 0 Å². The minimum absolute atomic E-state index is 0.0434. The molecule has 0 saturated carbocycles. The zero-order chi connectivity index (χ0) is 35.7. The SMILES string of the molecule is CCCCc1ccc(C(=O)N(Cc2ccccc2)[C@@H]2c3ccccc3C[C@@H]2OP(=O)(O)OCCC#CCN2CCNCCNCCNCC2)cc1. The van der Waals surface area contributed by atoms with Gasteiger partial charge in [-0.05, 0) is 47.2 Å². The number of hydrogen-bond acceptors (Lipinski definition) is 8. The maximum Gasteiger partial charge on any atom is 0.472 e. The van der Waals surface area contributed by atoms with Gasteiger partial charge in [0.15, 0.2) is 0 Å². The average Bonchev–Trinajstić information content (AvgIpc) is 3.49. The molecular formula is C40H54N5O5P. The van der Waals surface area contributed by atoms with E-state index in [0.29, 0.717) is 31.5 Å². The van der Waals surface area contributed by atoms with Gasteiger partial charge < -0.3 is 25.7 Å². The van der Waals surface area contributed by atoms with Gasteiger partial charge in [-0.2, -0.15) is 0 Å². The number of rotatable bonds is 13. The number of carbonyl (C=O) groups excluding carboxylic acids is 1. The van der Waals surface area contributed by atoms with E-state index in [0.717, 1.165) is 88.3 Å². The van der Waals surface area contributed by atoms with Crippen molar-refractivity contribution in [2.45, 2.75) is 57.7 Å². The van der Waals surface area contributed by atoms with Crippen LogP contribution in [0.2, 0.25) is 0 Å². The molecule has 3 atom stereocenters. The van der Waals surface area contributed by atoms with Crippen molar-refractivity contribution >= 4 is 13.7 Å². The van der Waals surface area contributed by atoms with Gasteiger partial charge in [-0.15, -0.1) is 0 Å². The molecule has 0 radical (unpaired) electrons. The molecule has 1 amide bonds. The first kappa shape index (κ1) is 38.9. The first-order valence-corrected chi connectivity index (χ1v) is 19.9. The Bertz CT molecular complexity index is 1600. The number of nitrogens with zero attached hydrogens (tertiary/aromatic N) is 2. The summed E-state index contributed by atoms with van der Waals surface area (Å²) in [5.74, 6) is 6.12. The van der Waals surface area contributed by atoms with E-state index < -0.39 is 20.0 Å². The lowest BCUT2D eigenvalue weighted by molar-refractivity contribution is 0.0310. The standard InChI is InChI=1S/C40H54N5O5P/c1-2-3-12-33-17-19-35(20-18-33)40(46)45(32-34-13-6-4-7-14-34)39-37-16-9-8-15-36(37)31-38(39)50-51(47,48)49-30-11-5-10-27-44-28-25-42-23-21-41-22-24-43-26-29-44/h4,6-9,13-20,38-39,41-43H,2-3,11-12,21-32H2,1H3,(H,47,48)/t38-,39+/m0/s1. The summed E-state index contributed by atoms with van der Waals surface area (Å²) in [5.41, 5.74) is 4.59. The monoisotopic (exact) mass is 715 g/mol. The first-order valence-electron chi connectivity index (χ1n) is 18.4. The van der Waals surface area contributed by atoms with Gasteiger partial charge in [0.05, 0.1) is 25.3 Å². The largest absolute Gasteiger partial charge is 0.472 e. The molecule has 51 heavy (non-hydrogen) atoms. The minimum atomic E-state index is -4.49. The van der Waals surface area contributed by atoms with Crippen LogP contribution in [0.5, 0.6) is 0 Å². The predicted octanol–water partition coefficient (Wildman–Crippen LogP) is 4.95. The van der Waals surface area contributed by atoms with Crippen LogP contribution < -0.4 is 16.0 Å². The molecule has 5 rings (SSSR count). The fourth-order valence-electron chi connectivity index (χ4n) is 6.58. The van der Waals surface area contributed by atoms with E-state index in [2.05, 4.69) is 39.6 Å². The summed E-state index contributed by atoms with van der Waals surface area (Å²) < 4.78 is 24.8. The van der Waals surface area contributed by atoms with Crippen molar-refractivity contribution in [2.75, 3.05) is 65.5 Å². The van der Waals surface area contributed by atoms with Crippen molar-refractivity contribution in [1.29, 1.82) is 0 Å². The summed E-state index contributed by atoms with van der Waals surface area (Å²) in [6.45, 7) is 10.4. The minimum Gasteiger partial charge on any atom is -0.325 e. The fourth-order valence-corrected chi connectivity index (χ4v) is 7.50. The first-order chi connectivity index (χ1) is 24.9. The summed E-state index contributed by atoms with van der Waals surface area (Å²) in [6.07, 6.45) is 3.05. The Morgan fingerprint density at radius 2 is 1.55 bits per heavy atom. The van der Waals surface area contributed by atoms with E-state index in [-0.39, 0.29) is 12.5 Å². The summed E-state index contributed by atoms with van der Waals surface area (Å²) in [6, 6.07) is 24.8. The maximum atomic E-state index is 14.3. The lowest BCUT2D eigenvalue weighted by atomic mass is 10.0. The van der Waals surface area contributed by atoms with Gasteiger partial charge in [-0.1, -0.05) is 91.9 Å². The van der Waals surface area contributed by atoms with Gasteiger partial charge in [-0.25, -0.2) is 4.57 Å². The predicted molar refractivity (Wildman–Crippen MR) is 202 cm³/mol. The second kappa shape index (κ2) is 20.6. The summed E-state index contributed by atoms with van der Waals surface area (Å²) in [7, 11) is -4.49. The number of unbranched alkanes of at least 4 members (excludes halogenated alkanes) is 1. The lowest BCUT2D eigenvalue weighted by Crippen LogP contribution is -2.41. The second-order valence-corrected chi connectivity index (χ2v) is 14.5. The molecule has 1 unspecified atom stereocenters. The molecule has 274 valence electrons. The third-order valence-corrected chi connectivity index (χ3v) is 10.3. The van der Waals surface area contributed by atoms with E-state index in [9.17, 15) is 14.3 Å². The zero-order valence-corrected chi connectivity index (χ0v) is 30.8. The number of benzene rings is 3. The van der Waals surface area contributed by atoms with E-state index >= 15 is 0 Å². The third-order valence-electron chi connectivity index (χ3n) is 9.30. The van der Waals surface area contributed by atoms with Crippen LogP contribution in [0.3, 0.4) is 0 Å². The van der Waals surface area contributed by atoms with Crippen LogP contribution in [0.15, 0.2) is 78.9 Å². The molecule has 3 aromatic rings. The van der Waals surface area contributed by atoms with Crippen molar-refractivity contribution in [1.82, 2.24) is 25.8 Å². The van der Waals surface area contributed by atoms with Crippen LogP contribution in [0.4, 0.5) is 0 Å². The second-order valence-electron chi connectivity index (χ2n) is 13.1.